The lowest BCUT2D eigenvalue weighted by Crippen LogP contribution is -2.21. The zero-order valence-electron chi connectivity index (χ0n) is 19.6. The summed E-state index contributed by atoms with van der Waals surface area (Å²) >= 11 is 2.30. The van der Waals surface area contributed by atoms with Gasteiger partial charge in [-0.2, -0.15) is 13.2 Å². The van der Waals surface area contributed by atoms with Crippen LogP contribution >= 0.6 is 23.1 Å². The fourth-order valence-corrected chi connectivity index (χ4v) is 4.91. The van der Waals surface area contributed by atoms with Gasteiger partial charge in [0, 0.05) is 10.9 Å². The first-order valence-electron chi connectivity index (χ1n) is 10.6. The number of thiazole rings is 1. The highest BCUT2D eigenvalue weighted by molar-refractivity contribution is 8.00. The molecule has 194 valence electrons. The molecule has 0 spiro atoms. The number of nitrogens with zero attached hydrogens (tertiary/aromatic N) is 2. The number of rotatable bonds is 10. The number of aromatic nitrogens is 2. The van der Waals surface area contributed by atoms with E-state index in [0.717, 1.165) is 33.2 Å². The first kappa shape index (κ1) is 27.4. The smallest absolute Gasteiger partial charge is 0.422 e. The van der Waals surface area contributed by atoms with Crippen LogP contribution in [0.1, 0.15) is 22.4 Å². The van der Waals surface area contributed by atoms with Gasteiger partial charge < -0.3 is 24.5 Å². The Morgan fingerprint density at radius 2 is 1.89 bits per heavy atom. The van der Waals surface area contributed by atoms with Crippen LogP contribution in [0.2, 0.25) is 0 Å². The molecular formula is C23H24F3N3O5S2. The van der Waals surface area contributed by atoms with Gasteiger partial charge in [0.05, 0.1) is 36.5 Å². The number of esters is 1. The second-order valence-corrected chi connectivity index (χ2v) is 9.57. The van der Waals surface area contributed by atoms with Gasteiger partial charge in [0.2, 0.25) is 5.91 Å². The van der Waals surface area contributed by atoms with E-state index in [1.54, 1.807) is 18.6 Å². The number of hydrogen-bond donors (Lipinski definition) is 2. The van der Waals surface area contributed by atoms with Gasteiger partial charge in [0.25, 0.3) is 0 Å². The summed E-state index contributed by atoms with van der Waals surface area (Å²) in [6, 6.07) is 7.44. The molecule has 1 aromatic carbocycles. The number of alkyl halides is 3. The molecule has 0 aliphatic carbocycles. The highest BCUT2D eigenvalue weighted by Crippen LogP contribution is 2.35. The number of carbonyl (C=O) groups excluding carboxylic acids is 2. The van der Waals surface area contributed by atoms with E-state index in [-0.39, 0.29) is 28.4 Å². The number of aromatic hydroxyl groups is 1. The number of methoxy groups -OCH3 is 1. The fraction of sp³-hybridized carbons (Fsp3) is 0.348. The largest absolute Gasteiger partial charge is 0.497 e. The summed E-state index contributed by atoms with van der Waals surface area (Å²) in [5.41, 5.74) is 2.71. The standard InChI is InChI=1S/C23H24F3N3O5S2/c1-13-14(2)21(29(20(13)32)9-15-4-6-17(33-3)7-5-15)35-11-18(30)28-22-27-16(10-36-22)8-19(31)34-12-23(24,25)26/h4-7,10,32H,8-9,11-12H2,1-3H3,(H,27,28,30). The molecule has 3 aromatic rings. The monoisotopic (exact) mass is 543 g/mol. The van der Waals surface area contributed by atoms with Gasteiger partial charge in [0.1, 0.15) is 5.75 Å². The first-order chi connectivity index (χ1) is 17.0. The molecule has 0 radical (unpaired) electrons. The van der Waals surface area contributed by atoms with E-state index in [1.807, 2.05) is 31.2 Å². The van der Waals surface area contributed by atoms with Gasteiger partial charge in [-0.25, -0.2) is 4.98 Å². The lowest BCUT2D eigenvalue weighted by Gasteiger charge is -2.12. The zero-order valence-corrected chi connectivity index (χ0v) is 21.3. The molecule has 0 atom stereocenters. The Morgan fingerprint density at radius 3 is 2.53 bits per heavy atom. The molecule has 2 heterocycles. The van der Waals surface area contributed by atoms with Crippen molar-refractivity contribution in [3.05, 3.63) is 52.0 Å². The van der Waals surface area contributed by atoms with Crippen molar-refractivity contribution in [2.45, 2.75) is 38.0 Å². The molecule has 36 heavy (non-hydrogen) atoms. The lowest BCUT2D eigenvalue weighted by atomic mass is 10.2. The van der Waals surface area contributed by atoms with Gasteiger partial charge in [-0.15, -0.1) is 11.3 Å². The predicted octanol–water partition coefficient (Wildman–Crippen LogP) is 4.70. The van der Waals surface area contributed by atoms with Gasteiger partial charge in [0.15, 0.2) is 17.6 Å². The molecule has 0 unspecified atom stereocenters. The SMILES string of the molecule is COc1ccc(Cn2c(O)c(C)c(C)c2SCC(=O)Nc2nc(CC(=O)OCC(F)(F)F)cs2)cc1. The highest BCUT2D eigenvalue weighted by Gasteiger charge is 2.29. The van der Waals surface area contributed by atoms with Crippen LogP contribution in [0.5, 0.6) is 11.6 Å². The summed E-state index contributed by atoms with van der Waals surface area (Å²) in [5.74, 6) is -0.566. The van der Waals surface area contributed by atoms with Crippen molar-refractivity contribution in [1.29, 1.82) is 0 Å². The van der Waals surface area contributed by atoms with Crippen molar-refractivity contribution in [2.75, 3.05) is 24.8 Å². The van der Waals surface area contributed by atoms with E-state index in [2.05, 4.69) is 15.0 Å². The molecule has 0 fully saturated rings. The summed E-state index contributed by atoms with van der Waals surface area (Å²) < 4.78 is 47.5. The third-order valence-electron chi connectivity index (χ3n) is 5.08. The number of benzene rings is 1. The number of thioether (sulfide) groups is 1. The topological polar surface area (TPSA) is 103 Å². The lowest BCUT2D eigenvalue weighted by molar-refractivity contribution is -0.185. The Hall–Kier alpha value is -3.19. The van der Waals surface area contributed by atoms with E-state index in [9.17, 15) is 27.9 Å². The van der Waals surface area contributed by atoms with Crippen molar-refractivity contribution in [2.24, 2.45) is 0 Å². The second kappa shape index (κ2) is 11.7. The summed E-state index contributed by atoms with van der Waals surface area (Å²) in [7, 11) is 1.58. The molecule has 2 aromatic heterocycles. The van der Waals surface area contributed by atoms with Crippen LogP contribution in [-0.4, -0.2) is 52.2 Å². The molecule has 0 aliphatic rings. The molecule has 0 bridgehead atoms. The van der Waals surface area contributed by atoms with Crippen molar-refractivity contribution in [3.63, 3.8) is 0 Å². The minimum absolute atomic E-state index is 0.0227. The highest BCUT2D eigenvalue weighted by atomic mass is 32.2. The maximum absolute atomic E-state index is 12.5. The van der Waals surface area contributed by atoms with Crippen molar-refractivity contribution >= 4 is 40.1 Å². The van der Waals surface area contributed by atoms with Crippen LogP contribution in [0.3, 0.4) is 0 Å². The Labute approximate surface area is 213 Å². The number of halogens is 3. The Kier molecular flexibility index (Phi) is 8.90. The van der Waals surface area contributed by atoms with E-state index in [0.29, 0.717) is 12.1 Å². The van der Waals surface area contributed by atoms with E-state index in [1.165, 1.54) is 17.1 Å². The second-order valence-electron chi connectivity index (χ2n) is 7.75. The molecule has 1 amide bonds. The number of ether oxygens (including phenoxy) is 2. The van der Waals surface area contributed by atoms with Gasteiger partial charge in [-0.1, -0.05) is 23.9 Å². The van der Waals surface area contributed by atoms with Gasteiger partial charge >= 0.3 is 12.1 Å². The quantitative estimate of drug-likeness (QED) is 0.282. The minimum Gasteiger partial charge on any atom is -0.497 e. The van der Waals surface area contributed by atoms with Gasteiger partial charge in [-0.05, 0) is 37.1 Å². The van der Waals surface area contributed by atoms with Crippen LogP contribution in [0, 0.1) is 13.8 Å². The van der Waals surface area contributed by atoms with Crippen LogP contribution in [0.25, 0.3) is 0 Å². The Morgan fingerprint density at radius 1 is 1.19 bits per heavy atom. The predicted molar refractivity (Wildman–Crippen MR) is 130 cm³/mol. The molecule has 0 saturated carbocycles. The van der Waals surface area contributed by atoms with E-state index in [4.69, 9.17) is 4.74 Å². The van der Waals surface area contributed by atoms with Crippen molar-refractivity contribution < 1.29 is 37.3 Å². The summed E-state index contributed by atoms with van der Waals surface area (Å²) in [6.07, 6.45) is -5.04. The minimum atomic E-state index is -4.60. The molecule has 3 rings (SSSR count). The Balaban J connectivity index is 1.59. The van der Waals surface area contributed by atoms with Crippen LogP contribution in [0.15, 0.2) is 34.7 Å². The third kappa shape index (κ3) is 7.40. The van der Waals surface area contributed by atoms with Crippen molar-refractivity contribution in [3.8, 4) is 11.6 Å². The molecule has 2 N–H and O–H groups in total. The number of hydrogen-bond acceptors (Lipinski definition) is 8. The van der Waals surface area contributed by atoms with E-state index < -0.39 is 25.2 Å². The number of amides is 1. The Bertz CT molecular complexity index is 1220. The van der Waals surface area contributed by atoms with Crippen LogP contribution in [-0.2, 0) is 27.3 Å². The van der Waals surface area contributed by atoms with Crippen molar-refractivity contribution in [1.82, 2.24) is 9.55 Å². The first-order valence-corrected chi connectivity index (χ1v) is 12.4. The van der Waals surface area contributed by atoms with Crippen LogP contribution in [0.4, 0.5) is 18.3 Å². The maximum Gasteiger partial charge on any atom is 0.422 e. The molecule has 0 aliphatic heterocycles. The van der Waals surface area contributed by atoms with Gasteiger partial charge in [-0.3, -0.25) is 9.59 Å². The molecule has 13 heteroatoms. The summed E-state index contributed by atoms with van der Waals surface area (Å²) in [5, 5.41) is 15.7. The summed E-state index contributed by atoms with van der Waals surface area (Å²) in [4.78, 5) is 28.1. The third-order valence-corrected chi connectivity index (χ3v) is 7.09. The number of carbonyl (C=O) groups is 2. The summed E-state index contributed by atoms with van der Waals surface area (Å²) in [6.45, 7) is 2.40. The molecular weight excluding hydrogens is 519 g/mol. The maximum atomic E-state index is 12.5. The van der Waals surface area contributed by atoms with Crippen LogP contribution < -0.4 is 10.1 Å². The molecule has 8 nitrogen and oxygen atoms in total. The fourth-order valence-electron chi connectivity index (χ4n) is 3.17. The average Bonchev–Trinajstić information content (AvgIpc) is 3.34. The normalized spacial score (nSPS) is 11.4. The average molecular weight is 544 g/mol. The molecule has 0 saturated heterocycles. The zero-order chi connectivity index (χ0) is 26.5. The number of nitrogens with one attached hydrogen (secondary N) is 1. The van der Waals surface area contributed by atoms with E-state index >= 15 is 0 Å². The number of anilines is 1.